The standard InChI is InChI=1S/C24H23N3O3/c1-30-20-13-11-19(12-14-20)27-16-18(15-23(27)28)25-24(29)26-22-10-6-5-9-21(22)17-7-3-2-4-8-17/h2-14,18H,15-16H2,1H3,(H2,25,26,29)/t18-/m0/s1. The Labute approximate surface area is 175 Å². The van der Waals surface area contributed by atoms with Crippen LogP contribution in [0.25, 0.3) is 11.1 Å². The SMILES string of the molecule is COc1ccc(N2C[C@@H](NC(=O)Nc3ccccc3-c3ccccc3)CC2=O)cc1. The van der Waals surface area contributed by atoms with Crippen molar-refractivity contribution in [3.8, 4) is 16.9 Å². The van der Waals surface area contributed by atoms with Gasteiger partial charge in [0.2, 0.25) is 5.91 Å². The molecular formula is C24H23N3O3. The highest BCUT2D eigenvalue weighted by Crippen LogP contribution is 2.28. The molecule has 1 aliphatic rings. The van der Waals surface area contributed by atoms with Crippen LogP contribution in [0.4, 0.5) is 16.2 Å². The number of anilines is 2. The van der Waals surface area contributed by atoms with Crippen molar-refractivity contribution >= 4 is 23.3 Å². The molecule has 2 N–H and O–H groups in total. The van der Waals surface area contributed by atoms with Crippen LogP contribution in [0.1, 0.15) is 6.42 Å². The van der Waals surface area contributed by atoms with E-state index in [1.165, 1.54) is 0 Å². The molecule has 0 radical (unpaired) electrons. The number of benzene rings is 3. The maximum Gasteiger partial charge on any atom is 0.319 e. The Bertz CT molecular complexity index is 1040. The third kappa shape index (κ3) is 4.27. The fourth-order valence-electron chi connectivity index (χ4n) is 3.62. The van der Waals surface area contributed by atoms with Gasteiger partial charge in [-0.3, -0.25) is 4.79 Å². The average Bonchev–Trinajstić information content (AvgIpc) is 3.14. The summed E-state index contributed by atoms with van der Waals surface area (Å²) in [6, 6.07) is 24.3. The van der Waals surface area contributed by atoms with Crippen molar-refractivity contribution in [3.05, 3.63) is 78.9 Å². The van der Waals surface area contributed by atoms with E-state index in [1.54, 1.807) is 12.0 Å². The highest BCUT2D eigenvalue weighted by Gasteiger charge is 2.31. The van der Waals surface area contributed by atoms with Gasteiger partial charge in [0, 0.05) is 24.2 Å². The van der Waals surface area contributed by atoms with Crippen LogP contribution in [0.2, 0.25) is 0 Å². The van der Waals surface area contributed by atoms with Gasteiger partial charge in [0.15, 0.2) is 0 Å². The Balaban J connectivity index is 1.41. The molecule has 1 aliphatic heterocycles. The molecule has 0 aromatic heterocycles. The first-order chi connectivity index (χ1) is 14.6. The van der Waals surface area contributed by atoms with Crippen molar-refractivity contribution < 1.29 is 14.3 Å². The van der Waals surface area contributed by atoms with Gasteiger partial charge in [-0.2, -0.15) is 0 Å². The number of amides is 3. The minimum Gasteiger partial charge on any atom is -0.497 e. The summed E-state index contributed by atoms with van der Waals surface area (Å²) in [5.74, 6) is 0.715. The number of nitrogens with zero attached hydrogens (tertiary/aromatic N) is 1. The highest BCUT2D eigenvalue weighted by molar-refractivity contribution is 5.98. The molecular weight excluding hydrogens is 378 g/mol. The molecule has 0 saturated carbocycles. The van der Waals surface area contributed by atoms with Gasteiger partial charge in [0.1, 0.15) is 5.75 Å². The number of urea groups is 1. The second-order valence-electron chi connectivity index (χ2n) is 7.11. The second-order valence-corrected chi connectivity index (χ2v) is 7.11. The van der Waals surface area contributed by atoms with Crippen LogP contribution < -0.4 is 20.3 Å². The van der Waals surface area contributed by atoms with Crippen LogP contribution in [0.5, 0.6) is 5.75 Å². The zero-order chi connectivity index (χ0) is 20.9. The highest BCUT2D eigenvalue weighted by atomic mass is 16.5. The van der Waals surface area contributed by atoms with E-state index in [4.69, 9.17) is 4.74 Å². The van der Waals surface area contributed by atoms with Crippen LogP contribution in [-0.4, -0.2) is 31.6 Å². The fourth-order valence-corrected chi connectivity index (χ4v) is 3.62. The van der Waals surface area contributed by atoms with Crippen molar-refractivity contribution in [1.82, 2.24) is 5.32 Å². The first kappa shape index (κ1) is 19.5. The van der Waals surface area contributed by atoms with E-state index in [0.717, 1.165) is 28.3 Å². The predicted molar refractivity (Wildman–Crippen MR) is 118 cm³/mol. The summed E-state index contributed by atoms with van der Waals surface area (Å²) >= 11 is 0. The lowest BCUT2D eigenvalue weighted by Crippen LogP contribution is -2.39. The second kappa shape index (κ2) is 8.69. The molecule has 4 rings (SSSR count). The molecule has 0 spiro atoms. The first-order valence-corrected chi connectivity index (χ1v) is 9.80. The van der Waals surface area contributed by atoms with E-state index < -0.39 is 0 Å². The van der Waals surface area contributed by atoms with Crippen molar-refractivity contribution in [2.24, 2.45) is 0 Å². The summed E-state index contributed by atoms with van der Waals surface area (Å²) < 4.78 is 5.16. The fraction of sp³-hybridized carbons (Fsp3) is 0.167. The molecule has 1 heterocycles. The normalized spacial score (nSPS) is 15.7. The lowest BCUT2D eigenvalue weighted by Gasteiger charge is -2.18. The van der Waals surface area contributed by atoms with E-state index in [2.05, 4.69) is 10.6 Å². The lowest BCUT2D eigenvalue weighted by molar-refractivity contribution is -0.117. The number of nitrogens with one attached hydrogen (secondary N) is 2. The van der Waals surface area contributed by atoms with Crippen LogP contribution in [0.15, 0.2) is 78.9 Å². The molecule has 3 amide bonds. The van der Waals surface area contributed by atoms with Crippen LogP contribution in [0, 0.1) is 0 Å². The van der Waals surface area contributed by atoms with Crippen LogP contribution in [0.3, 0.4) is 0 Å². The van der Waals surface area contributed by atoms with Gasteiger partial charge in [-0.1, -0.05) is 48.5 Å². The Hall–Kier alpha value is -3.80. The maximum absolute atomic E-state index is 12.6. The van der Waals surface area contributed by atoms with E-state index in [-0.39, 0.29) is 24.4 Å². The van der Waals surface area contributed by atoms with Gasteiger partial charge in [-0.05, 0) is 35.9 Å². The molecule has 0 bridgehead atoms. The number of hydrogen-bond donors (Lipinski definition) is 2. The zero-order valence-electron chi connectivity index (χ0n) is 16.7. The molecule has 0 aliphatic carbocycles. The van der Waals surface area contributed by atoms with Gasteiger partial charge >= 0.3 is 6.03 Å². The molecule has 1 atom stereocenters. The number of methoxy groups -OCH3 is 1. The molecule has 1 saturated heterocycles. The molecule has 3 aromatic carbocycles. The van der Waals surface area contributed by atoms with Gasteiger partial charge in [-0.15, -0.1) is 0 Å². The molecule has 152 valence electrons. The zero-order valence-corrected chi connectivity index (χ0v) is 16.7. The van der Waals surface area contributed by atoms with Crippen LogP contribution in [-0.2, 0) is 4.79 Å². The number of ether oxygens (including phenoxy) is 1. The smallest absolute Gasteiger partial charge is 0.319 e. The molecule has 0 unspecified atom stereocenters. The van der Waals surface area contributed by atoms with E-state index in [9.17, 15) is 9.59 Å². The monoisotopic (exact) mass is 401 g/mol. The van der Waals surface area contributed by atoms with Crippen LogP contribution >= 0.6 is 0 Å². The largest absolute Gasteiger partial charge is 0.497 e. The Morgan fingerprint density at radius 2 is 1.67 bits per heavy atom. The topological polar surface area (TPSA) is 70.7 Å². The number of para-hydroxylation sites is 1. The number of carbonyl (C=O) groups is 2. The molecule has 6 heteroatoms. The van der Waals surface area contributed by atoms with Gasteiger partial charge < -0.3 is 20.3 Å². The van der Waals surface area contributed by atoms with Gasteiger partial charge in [0.05, 0.1) is 18.8 Å². The third-order valence-electron chi connectivity index (χ3n) is 5.10. The van der Waals surface area contributed by atoms with E-state index >= 15 is 0 Å². The van der Waals surface area contributed by atoms with Crippen molar-refractivity contribution in [3.63, 3.8) is 0 Å². The maximum atomic E-state index is 12.6. The van der Waals surface area contributed by atoms with Gasteiger partial charge in [-0.25, -0.2) is 4.79 Å². The summed E-state index contributed by atoms with van der Waals surface area (Å²) in [6.45, 7) is 0.429. The first-order valence-electron chi connectivity index (χ1n) is 9.80. The Kier molecular flexibility index (Phi) is 5.66. The summed E-state index contributed by atoms with van der Waals surface area (Å²) in [6.07, 6.45) is 0.264. The molecule has 30 heavy (non-hydrogen) atoms. The minimum atomic E-state index is -0.326. The van der Waals surface area contributed by atoms with Crippen molar-refractivity contribution in [2.75, 3.05) is 23.9 Å². The molecule has 3 aromatic rings. The van der Waals surface area contributed by atoms with E-state index in [0.29, 0.717) is 6.54 Å². The molecule has 1 fully saturated rings. The summed E-state index contributed by atoms with van der Waals surface area (Å²) in [5.41, 5.74) is 3.48. The quantitative estimate of drug-likeness (QED) is 0.670. The number of hydrogen-bond acceptors (Lipinski definition) is 3. The Morgan fingerprint density at radius 3 is 2.40 bits per heavy atom. The summed E-state index contributed by atoms with van der Waals surface area (Å²) in [7, 11) is 1.60. The molecule has 6 nitrogen and oxygen atoms in total. The third-order valence-corrected chi connectivity index (χ3v) is 5.10. The number of carbonyl (C=O) groups excluding carboxylic acids is 2. The Morgan fingerprint density at radius 1 is 0.967 bits per heavy atom. The minimum absolute atomic E-state index is 0.0184. The summed E-state index contributed by atoms with van der Waals surface area (Å²) in [5, 5.41) is 5.85. The lowest BCUT2D eigenvalue weighted by atomic mass is 10.0. The summed E-state index contributed by atoms with van der Waals surface area (Å²) in [4.78, 5) is 26.7. The number of rotatable bonds is 5. The van der Waals surface area contributed by atoms with Gasteiger partial charge in [0.25, 0.3) is 0 Å². The van der Waals surface area contributed by atoms with Crippen molar-refractivity contribution in [1.29, 1.82) is 0 Å². The van der Waals surface area contributed by atoms with Crippen molar-refractivity contribution in [2.45, 2.75) is 12.5 Å². The van der Waals surface area contributed by atoms with E-state index in [1.807, 2.05) is 78.9 Å². The average molecular weight is 401 g/mol. The predicted octanol–water partition coefficient (Wildman–Crippen LogP) is 4.29.